The Morgan fingerprint density at radius 3 is 3.07 bits per heavy atom. The van der Waals surface area contributed by atoms with Crippen LogP contribution < -0.4 is 11.1 Å². The van der Waals surface area contributed by atoms with Crippen LogP contribution in [0, 0.1) is 5.41 Å². The van der Waals surface area contributed by atoms with Crippen LogP contribution in [0.15, 0.2) is 18.2 Å². The summed E-state index contributed by atoms with van der Waals surface area (Å²) < 4.78 is 4.83. The number of hydrogen-bond acceptors (Lipinski definition) is 3. The van der Waals surface area contributed by atoms with Gasteiger partial charge in [0.1, 0.15) is 6.61 Å². The van der Waals surface area contributed by atoms with Crippen LogP contribution in [-0.4, -0.2) is 11.9 Å². The first-order valence-corrected chi connectivity index (χ1v) is 4.08. The van der Waals surface area contributed by atoms with Gasteiger partial charge in [-0.15, -0.1) is 0 Å². The van der Waals surface area contributed by atoms with Crippen molar-refractivity contribution in [2.24, 2.45) is 5.73 Å². The summed E-state index contributed by atoms with van der Waals surface area (Å²) in [5, 5.41) is 9.64. The molecule has 0 spiro atoms. The standard InChI is InChI=1S/C9H9N3O2/c10-9(11)12-6-2-1-5-4-14-8(13)7(5)3-6/h1-3H,4H2,(H4,10,11,12). The zero-order chi connectivity index (χ0) is 10.1. The summed E-state index contributed by atoms with van der Waals surface area (Å²) in [4.78, 5) is 11.2. The molecular formula is C9H9N3O2. The van der Waals surface area contributed by atoms with Gasteiger partial charge in [0.15, 0.2) is 5.96 Å². The molecule has 2 rings (SSSR count). The number of ether oxygens (including phenoxy) is 1. The second kappa shape index (κ2) is 3.02. The Morgan fingerprint density at radius 1 is 1.57 bits per heavy atom. The molecule has 0 saturated heterocycles. The van der Waals surface area contributed by atoms with E-state index in [1.165, 1.54) is 0 Å². The van der Waals surface area contributed by atoms with Gasteiger partial charge in [-0.05, 0) is 12.1 Å². The number of hydrogen-bond donors (Lipinski definition) is 3. The molecule has 0 aliphatic carbocycles. The number of nitrogens with two attached hydrogens (primary N) is 1. The van der Waals surface area contributed by atoms with Crippen molar-refractivity contribution < 1.29 is 9.53 Å². The Bertz CT molecular complexity index is 415. The third kappa shape index (κ3) is 1.39. The zero-order valence-electron chi connectivity index (χ0n) is 7.33. The number of guanidine groups is 1. The molecule has 0 aromatic heterocycles. The van der Waals surface area contributed by atoms with Gasteiger partial charge in [0.25, 0.3) is 0 Å². The van der Waals surface area contributed by atoms with Gasteiger partial charge < -0.3 is 15.8 Å². The smallest absolute Gasteiger partial charge is 0.338 e. The summed E-state index contributed by atoms with van der Waals surface area (Å²) in [7, 11) is 0. The van der Waals surface area contributed by atoms with Crippen LogP contribution >= 0.6 is 0 Å². The topological polar surface area (TPSA) is 88.2 Å². The van der Waals surface area contributed by atoms with Crippen LogP contribution in [0.1, 0.15) is 15.9 Å². The van der Waals surface area contributed by atoms with E-state index in [2.05, 4.69) is 5.32 Å². The highest BCUT2D eigenvalue weighted by molar-refractivity contribution is 5.96. The number of carbonyl (C=O) groups is 1. The number of benzene rings is 1. The summed E-state index contributed by atoms with van der Waals surface area (Å²) in [6.45, 7) is 0.328. The van der Waals surface area contributed by atoms with Crippen molar-refractivity contribution in [3.05, 3.63) is 29.3 Å². The van der Waals surface area contributed by atoms with E-state index in [1.54, 1.807) is 18.2 Å². The van der Waals surface area contributed by atoms with Crippen LogP contribution in [0.3, 0.4) is 0 Å². The molecule has 0 radical (unpaired) electrons. The second-order valence-corrected chi connectivity index (χ2v) is 2.99. The fourth-order valence-corrected chi connectivity index (χ4v) is 1.35. The van der Waals surface area contributed by atoms with E-state index in [0.717, 1.165) is 5.56 Å². The molecule has 0 amide bonds. The van der Waals surface area contributed by atoms with Crippen LogP contribution in [0.5, 0.6) is 0 Å². The van der Waals surface area contributed by atoms with Crippen molar-refractivity contribution >= 4 is 17.6 Å². The molecule has 1 aromatic rings. The molecule has 1 aromatic carbocycles. The van der Waals surface area contributed by atoms with E-state index in [0.29, 0.717) is 17.9 Å². The molecule has 72 valence electrons. The van der Waals surface area contributed by atoms with Crippen molar-refractivity contribution in [2.45, 2.75) is 6.61 Å². The fourth-order valence-electron chi connectivity index (χ4n) is 1.35. The van der Waals surface area contributed by atoms with Crippen molar-refractivity contribution in [2.75, 3.05) is 5.32 Å². The lowest BCUT2D eigenvalue weighted by Crippen LogP contribution is -2.20. The lowest BCUT2D eigenvalue weighted by atomic mass is 10.1. The summed E-state index contributed by atoms with van der Waals surface area (Å²) in [6.07, 6.45) is 0. The largest absolute Gasteiger partial charge is 0.457 e. The van der Waals surface area contributed by atoms with Gasteiger partial charge >= 0.3 is 5.97 Å². The van der Waals surface area contributed by atoms with E-state index in [-0.39, 0.29) is 11.9 Å². The molecule has 0 bridgehead atoms. The first-order chi connectivity index (χ1) is 6.66. The molecular weight excluding hydrogens is 182 g/mol. The van der Waals surface area contributed by atoms with Crippen LogP contribution in [0.4, 0.5) is 5.69 Å². The van der Waals surface area contributed by atoms with Crippen LogP contribution in [0.2, 0.25) is 0 Å². The van der Waals surface area contributed by atoms with Crippen molar-refractivity contribution in [3.63, 3.8) is 0 Å². The summed E-state index contributed by atoms with van der Waals surface area (Å²) >= 11 is 0. The lowest BCUT2D eigenvalue weighted by Gasteiger charge is -2.03. The SMILES string of the molecule is N=C(N)Nc1ccc2c(c1)C(=O)OC2. The average molecular weight is 191 g/mol. The summed E-state index contributed by atoms with van der Waals surface area (Å²) in [6, 6.07) is 5.17. The third-order valence-electron chi connectivity index (χ3n) is 1.97. The number of nitrogens with one attached hydrogen (secondary N) is 2. The van der Waals surface area contributed by atoms with Gasteiger partial charge in [-0.3, -0.25) is 5.41 Å². The number of carbonyl (C=O) groups excluding carboxylic acids is 1. The number of esters is 1. The van der Waals surface area contributed by atoms with Crippen LogP contribution in [0.25, 0.3) is 0 Å². The Labute approximate surface area is 80.4 Å². The zero-order valence-corrected chi connectivity index (χ0v) is 7.33. The monoisotopic (exact) mass is 191 g/mol. The van der Waals surface area contributed by atoms with E-state index >= 15 is 0 Å². The second-order valence-electron chi connectivity index (χ2n) is 2.99. The molecule has 5 nitrogen and oxygen atoms in total. The normalized spacial score (nSPS) is 13.3. The highest BCUT2D eigenvalue weighted by Gasteiger charge is 2.20. The van der Waals surface area contributed by atoms with Crippen LogP contribution in [-0.2, 0) is 11.3 Å². The van der Waals surface area contributed by atoms with Crippen molar-refractivity contribution in [1.29, 1.82) is 5.41 Å². The first kappa shape index (κ1) is 8.55. The maximum atomic E-state index is 11.2. The maximum absolute atomic E-state index is 11.2. The highest BCUT2D eigenvalue weighted by Crippen LogP contribution is 2.22. The van der Waals surface area contributed by atoms with Crippen molar-refractivity contribution in [3.8, 4) is 0 Å². The molecule has 0 unspecified atom stereocenters. The summed E-state index contributed by atoms with van der Waals surface area (Å²) in [5.41, 5.74) is 7.18. The Balaban J connectivity index is 2.35. The molecule has 0 saturated carbocycles. The molecule has 1 heterocycles. The number of anilines is 1. The summed E-state index contributed by atoms with van der Waals surface area (Å²) in [5.74, 6) is -0.483. The lowest BCUT2D eigenvalue weighted by molar-refractivity contribution is 0.0535. The molecule has 1 aliphatic rings. The van der Waals surface area contributed by atoms with E-state index in [4.69, 9.17) is 15.9 Å². The first-order valence-electron chi connectivity index (χ1n) is 4.08. The van der Waals surface area contributed by atoms with Gasteiger partial charge in [0, 0.05) is 11.3 Å². The molecule has 0 fully saturated rings. The predicted octanol–water partition coefficient (Wildman–Crippen LogP) is 0.662. The predicted molar refractivity (Wildman–Crippen MR) is 51.1 cm³/mol. The van der Waals surface area contributed by atoms with E-state index < -0.39 is 0 Å². The van der Waals surface area contributed by atoms with Gasteiger partial charge in [0.05, 0.1) is 5.56 Å². The number of cyclic esters (lactones) is 1. The average Bonchev–Trinajstić information content (AvgIpc) is 2.47. The quantitative estimate of drug-likeness (QED) is 0.345. The molecule has 1 aliphatic heterocycles. The third-order valence-corrected chi connectivity index (χ3v) is 1.97. The molecule has 5 heteroatoms. The Kier molecular flexibility index (Phi) is 1.85. The maximum Gasteiger partial charge on any atom is 0.338 e. The van der Waals surface area contributed by atoms with Gasteiger partial charge in [-0.1, -0.05) is 6.07 Å². The molecule has 4 N–H and O–H groups in total. The van der Waals surface area contributed by atoms with E-state index in [9.17, 15) is 4.79 Å². The highest BCUT2D eigenvalue weighted by atomic mass is 16.5. The van der Waals surface area contributed by atoms with E-state index in [1.807, 2.05) is 0 Å². The minimum Gasteiger partial charge on any atom is -0.457 e. The van der Waals surface area contributed by atoms with Gasteiger partial charge in [-0.25, -0.2) is 4.79 Å². The molecule has 0 atom stereocenters. The fraction of sp³-hybridized carbons (Fsp3) is 0.111. The molecule has 14 heavy (non-hydrogen) atoms. The minimum absolute atomic E-state index is 0.156. The Hall–Kier alpha value is -2.04. The number of fused-ring (bicyclic) bond motifs is 1. The van der Waals surface area contributed by atoms with Crippen molar-refractivity contribution in [1.82, 2.24) is 0 Å². The Morgan fingerprint density at radius 2 is 2.36 bits per heavy atom. The number of rotatable bonds is 1. The van der Waals surface area contributed by atoms with Gasteiger partial charge in [0.2, 0.25) is 0 Å². The minimum atomic E-state index is -0.327. The van der Waals surface area contributed by atoms with Gasteiger partial charge in [-0.2, -0.15) is 0 Å².